The van der Waals surface area contributed by atoms with Crippen LogP contribution in [0.3, 0.4) is 0 Å². The van der Waals surface area contributed by atoms with Crippen LogP contribution in [0.25, 0.3) is 33.3 Å². The number of rotatable bonds is 3. The molecule has 0 unspecified atom stereocenters. The normalized spacial score (nSPS) is 11.2. The first-order valence-corrected chi connectivity index (χ1v) is 9.56. The number of nitrogens with one attached hydrogen (secondary N) is 1. The fourth-order valence-corrected chi connectivity index (χ4v) is 3.55. The van der Waals surface area contributed by atoms with Gasteiger partial charge in [0.25, 0.3) is 5.91 Å². The van der Waals surface area contributed by atoms with Crippen molar-refractivity contribution in [3.05, 3.63) is 94.7 Å². The van der Waals surface area contributed by atoms with Crippen LogP contribution in [0.1, 0.15) is 10.4 Å². The SMILES string of the molecule is Cn1c(=O)oc2ccc(NC(=O)c3cc(-c4ccccc4)nc4cc(F)ccc34)cc21. The number of amides is 1. The van der Waals surface area contributed by atoms with E-state index in [2.05, 4.69) is 10.3 Å². The van der Waals surface area contributed by atoms with Gasteiger partial charge in [0.15, 0.2) is 5.58 Å². The van der Waals surface area contributed by atoms with Gasteiger partial charge in [0.1, 0.15) is 5.82 Å². The molecule has 0 spiro atoms. The first kappa shape index (κ1) is 18.7. The van der Waals surface area contributed by atoms with Crippen molar-refractivity contribution in [3.63, 3.8) is 0 Å². The van der Waals surface area contributed by atoms with Crippen LogP contribution in [-0.4, -0.2) is 15.5 Å². The third kappa shape index (κ3) is 3.36. The van der Waals surface area contributed by atoms with E-state index in [1.807, 2.05) is 30.3 Å². The van der Waals surface area contributed by atoms with Crippen molar-refractivity contribution in [2.45, 2.75) is 0 Å². The van der Waals surface area contributed by atoms with Crippen molar-refractivity contribution in [2.75, 3.05) is 5.32 Å². The van der Waals surface area contributed by atoms with Gasteiger partial charge in [-0.1, -0.05) is 30.3 Å². The molecule has 0 fully saturated rings. The smallest absolute Gasteiger partial charge is 0.408 e. The molecule has 1 N–H and O–H groups in total. The maximum atomic E-state index is 13.9. The second-order valence-corrected chi connectivity index (χ2v) is 7.15. The summed E-state index contributed by atoms with van der Waals surface area (Å²) in [5, 5.41) is 3.39. The van der Waals surface area contributed by atoms with Gasteiger partial charge in [-0.3, -0.25) is 9.36 Å². The lowest BCUT2D eigenvalue weighted by atomic mass is 10.0. The van der Waals surface area contributed by atoms with Crippen LogP contribution >= 0.6 is 0 Å². The summed E-state index contributed by atoms with van der Waals surface area (Å²) < 4.78 is 20.4. The topological polar surface area (TPSA) is 77.1 Å². The molecule has 6 nitrogen and oxygen atoms in total. The Hall–Kier alpha value is -4.26. The molecule has 5 rings (SSSR count). The van der Waals surface area contributed by atoms with Crippen molar-refractivity contribution in [1.82, 2.24) is 9.55 Å². The highest BCUT2D eigenvalue weighted by molar-refractivity contribution is 6.13. The number of fused-ring (bicyclic) bond motifs is 2. The van der Waals surface area contributed by atoms with Gasteiger partial charge in [0, 0.05) is 29.8 Å². The van der Waals surface area contributed by atoms with Crippen LogP contribution in [0.5, 0.6) is 0 Å². The molecule has 152 valence electrons. The molecule has 0 atom stereocenters. The van der Waals surface area contributed by atoms with Gasteiger partial charge in [-0.05, 0) is 36.4 Å². The summed E-state index contributed by atoms with van der Waals surface area (Å²) in [6.45, 7) is 0. The Morgan fingerprint density at radius 2 is 1.84 bits per heavy atom. The fourth-order valence-electron chi connectivity index (χ4n) is 3.55. The summed E-state index contributed by atoms with van der Waals surface area (Å²) in [5.74, 6) is -1.28. The molecule has 0 bridgehead atoms. The highest BCUT2D eigenvalue weighted by atomic mass is 19.1. The molecule has 0 aliphatic rings. The molecule has 0 radical (unpaired) electrons. The van der Waals surface area contributed by atoms with Crippen LogP contribution < -0.4 is 11.1 Å². The standard InChI is InChI=1S/C24H16FN3O3/c1-28-21-12-16(8-10-22(21)31-24(28)30)26-23(29)18-13-19(14-5-3-2-4-6-14)27-20-11-15(25)7-9-17(18)20/h2-13H,1H3,(H,26,29). The van der Waals surface area contributed by atoms with Gasteiger partial charge in [0.2, 0.25) is 0 Å². The summed E-state index contributed by atoms with van der Waals surface area (Å²) in [4.78, 5) is 29.5. The van der Waals surface area contributed by atoms with E-state index in [0.717, 1.165) is 5.56 Å². The summed E-state index contributed by atoms with van der Waals surface area (Å²) in [5.41, 5.74) is 3.64. The number of oxazole rings is 1. The Bertz CT molecular complexity index is 1520. The van der Waals surface area contributed by atoms with Crippen LogP contribution in [0.2, 0.25) is 0 Å². The minimum Gasteiger partial charge on any atom is -0.408 e. The van der Waals surface area contributed by atoms with Crippen molar-refractivity contribution in [3.8, 4) is 11.3 Å². The number of benzene rings is 3. The van der Waals surface area contributed by atoms with E-state index in [4.69, 9.17) is 4.42 Å². The summed E-state index contributed by atoms with van der Waals surface area (Å²) in [6.07, 6.45) is 0. The van der Waals surface area contributed by atoms with E-state index in [1.54, 1.807) is 37.4 Å². The molecule has 2 heterocycles. The van der Waals surface area contributed by atoms with Gasteiger partial charge >= 0.3 is 5.76 Å². The number of hydrogen-bond acceptors (Lipinski definition) is 4. The highest BCUT2D eigenvalue weighted by Gasteiger charge is 2.16. The molecular weight excluding hydrogens is 397 g/mol. The number of aromatic nitrogens is 2. The number of anilines is 1. The van der Waals surface area contributed by atoms with Crippen molar-refractivity contribution in [1.29, 1.82) is 0 Å². The number of halogens is 1. The average Bonchev–Trinajstić information content (AvgIpc) is 3.06. The Balaban J connectivity index is 1.60. The lowest BCUT2D eigenvalue weighted by molar-refractivity contribution is 0.102. The predicted molar refractivity (Wildman–Crippen MR) is 117 cm³/mol. The van der Waals surface area contributed by atoms with Gasteiger partial charge in [-0.25, -0.2) is 14.2 Å². The summed E-state index contributed by atoms with van der Waals surface area (Å²) in [7, 11) is 1.59. The van der Waals surface area contributed by atoms with Crippen LogP contribution in [-0.2, 0) is 7.05 Å². The molecule has 31 heavy (non-hydrogen) atoms. The minimum atomic E-state index is -0.479. The number of aryl methyl sites for hydroxylation is 1. The monoisotopic (exact) mass is 413 g/mol. The number of nitrogens with zero attached hydrogens (tertiary/aromatic N) is 2. The molecule has 5 aromatic rings. The number of carbonyl (C=O) groups excluding carboxylic acids is 1. The maximum absolute atomic E-state index is 13.9. The molecule has 0 saturated heterocycles. The Labute approximate surface area is 175 Å². The largest absolute Gasteiger partial charge is 0.419 e. The molecule has 1 amide bonds. The fraction of sp³-hybridized carbons (Fsp3) is 0.0417. The first-order valence-electron chi connectivity index (χ1n) is 9.56. The molecular formula is C24H16FN3O3. The molecule has 2 aromatic heterocycles. The van der Waals surface area contributed by atoms with Crippen molar-refractivity contribution >= 4 is 33.6 Å². The van der Waals surface area contributed by atoms with Crippen molar-refractivity contribution in [2.24, 2.45) is 7.05 Å². The maximum Gasteiger partial charge on any atom is 0.419 e. The van der Waals surface area contributed by atoms with E-state index in [9.17, 15) is 14.0 Å². The third-order valence-electron chi connectivity index (χ3n) is 5.14. The van der Waals surface area contributed by atoms with E-state index >= 15 is 0 Å². The van der Waals surface area contributed by atoms with E-state index in [-0.39, 0.29) is 5.91 Å². The number of pyridine rings is 1. The van der Waals surface area contributed by atoms with Crippen LogP contribution in [0, 0.1) is 5.82 Å². The third-order valence-corrected chi connectivity index (χ3v) is 5.14. The molecule has 3 aromatic carbocycles. The Kier molecular flexibility index (Phi) is 4.36. The Morgan fingerprint density at radius 1 is 1.03 bits per heavy atom. The summed E-state index contributed by atoms with van der Waals surface area (Å²) >= 11 is 0. The van der Waals surface area contributed by atoms with Gasteiger partial charge < -0.3 is 9.73 Å². The second kappa shape index (κ2) is 7.21. The zero-order chi connectivity index (χ0) is 21.5. The predicted octanol–water partition coefficient (Wildman–Crippen LogP) is 4.74. The van der Waals surface area contributed by atoms with Gasteiger partial charge in [-0.15, -0.1) is 0 Å². The Morgan fingerprint density at radius 3 is 2.65 bits per heavy atom. The molecule has 0 aliphatic heterocycles. The number of carbonyl (C=O) groups is 1. The lowest BCUT2D eigenvalue weighted by Crippen LogP contribution is -2.13. The van der Waals surface area contributed by atoms with E-state index in [0.29, 0.717) is 38.9 Å². The lowest BCUT2D eigenvalue weighted by Gasteiger charge is -2.11. The first-order chi connectivity index (χ1) is 15.0. The minimum absolute atomic E-state index is 0.366. The quantitative estimate of drug-likeness (QED) is 0.464. The van der Waals surface area contributed by atoms with E-state index in [1.165, 1.54) is 16.7 Å². The number of hydrogen-bond donors (Lipinski definition) is 1. The van der Waals surface area contributed by atoms with Crippen molar-refractivity contribution < 1.29 is 13.6 Å². The highest BCUT2D eigenvalue weighted by Crippen LogP contribution is 2.27. The van der Waals surface area contributed by atoms with E-state index < -0.39 is 11.6 Å². The second-order valence-electron chi connectivity index (χ2n) is 7.15. The summed E-state index contributed by atoms with van der Waals surface area (Å²) in [6, 6.07) is 20.2. The molecule has 0 aliphatic carbocycles. The molecule has 7 heteroatoms. The molecule has 0 saturated carbocycles. The zero-order valence-electron chi connectivity index (χ0n) is 16.4. The van der Waals surface area contributed by atoms with Gasteiger partial charge in [-0.2, -0.15) is 0 Å². The van der Waals surface area contributed by atoms with Crippen LogP contribution in [0.15, 0.2) is 82.0 Å². The zero-order valence-corrected chi connectivity index (χ0v) is 16.4. The average molecular weight is 413 g/mol. The van der Waals surface area contributed by atoms with Crippen LogP contribution in [0.4, 0.5) is 10.1 Å². The van der Waals surface area contributed by atoms with Gasteiger partial charge in [0.05, 0.1) is 22.3 Å².